The van der Waals surface area contributed by atoms with E-state index in [9.17, 15) is 4.79 Å². The Labute approximate surface area is 95.0 Å². The molecule has 0 aliphatic carbocycles. The fourth-order valence-electron chi connectivity index (χ4n) is 1.49. The summed E-state index contributed by atoms with van der Waals surface area (Å²) in [6, 6.07) is 4.42. The van der Waals surface area contributed by atoms with Crippen molar-refractivity contribution in [3.8, 4) is 5.75 Å². The first-order valence-corrected chi connectivity index (χ1v) is 5.13. The number of ether oxygens (including phenoxy) is 1. The lowest BCUT2D eigenvalue weighted by Crippen LogP contribution is -2.21. The molecular weight excluding hydrogens is 206 g/mol. The molecule has 0 aromatic heterocycles. The lowest BCUT2D eigenvalue weighted by Gasteiger charge is -2.15. The molecule has 4 nitrogen and oxygen atoms in total. The van der Waals surface area contributed by atoms with Crippen LogP contribution in [0.2, 0.25) is 0 Å². The Morgan fingerprint density at radius 3 is 2.50 bits per heavy atom. The second-order valence-electron chi connectivity index (χ2n) is 3.97. The first-order chi connectivity index (χ1) is 7.47. The molecule has 0 spiro atoms. The van der Waals surface area contributed by atoms with Crippen LogP contribution in [-0.2, 0) is 4.79 Å². The second kappa shape index (κ2) is 4.99. The van der Waals surface area contributed by atoms with Crippen LogP contribution < -0.4 is 10.5 Å². The SMILES string of the molecule is COc1ccc(C(C)C)cc1[C@H](N)C(=O)O. The summed E-state index contributed by atoms with van der Waals surface area (Å²) < 4.78 is 5.11. The summed E-state index contributed by atoms with van der Waals surface area (Å²) in [4.78, 5) is 10.9. The van der Waals surface area contributed by atoms with Crippen LogP contribution in [0.25, 0.3) is 0 Å². The zero-order chi connectivity index (χ0) is 12.3. The van der Waals surface area contributed by atoms with E-state index in [2.05, 4.69) is 0 Å². The van der Waals surface area contributed by atoms with Crippen molar-refractivity contribution in [3.63, 3.8) is 0 Å². The first kappa shape index (κ1) is 12.5. The van der Waals surface area contributed by atoms with E-state index in [0.717, 1.165) is 5.56 Å². The van der Waals surface area contributed by atoms with E-state index in [1.54, 1.807) is 12.1 Å². The van der Waals surface area contributed by atoms with E-state index >= 15 is 0 Å². The fraction of sp³-hybridized carbons (Fsp3) is 0.417. The van der Waals surface area contributed by atoms with Crippen molar-refractivity contribution in [2.24, 2.45) is 5.73 Å². The van der Waals surface area contributed by atoms with Crippen molar-refractivity contribution in [1.82, 2.24) is 0 Å². The van der Waals surface area contributed by atoms with Crippen molar-refractivity contribution in [1.29, 1.82) is 0 Å². The normalized spacial score (nSPS) is 12.6. The number of nitrogens with two attached hydrogens (primary N) is 1. The van der Waals surface area contributed by atoms with Gasteiger partial charge in [-0.25, -0.2) is 0 Å². The summed E-state index contributed by atoms with van der Waals surface area (Å²) in [5.41, 5.74) is 7.17. The predicted octanol–water partition coefficient (Wildman–Crippen LogP) is 1.90. The van der Waals surface area contributed by atoms with E-state index in [0.29, 0.717) is 17.2 Å². The Bertz CT molecular complexity index is 388. The summed E-state index contributed by atoms with van der Waals surface area (Å²) in [6.07, 6.45) is 0. The number of benzene rings is 1. The van der Waals surface area contributed by atoms with Crippen LogP contribution in [0, 0.1) is 0 Å². The van der Waals surface area contributed by atoms with E-state index in [4.69, 9.17) is 15.6 Å². The molecule has 0 aliphatic rings. The molecule has 3 N–H and O–H groups in total. The zero-order valence-electron chi connectivity index (χ0n) is 9.73. The van der Waals surface area contributed by atoms with E-state index in [1.165, 1.54) is 7.11 Å². The van der Waals surface area contributed by atoms with Crippen LogP contribution in [0.5, 0.6) is 5.75 Å². The van der Waals surface area contributed by atoms with Gasteiger partial charge < -0.3 is 15.6 Å². The highest BCUT2D eigenvalue weighted by atomic mass is 16.5. The van der Waals surface area contributed by atoms with Crippen LogP contribution in [0.4, 0.5) is 0 Å². The number of aliphatic carboxylic acids is 1. The van der Waals surface area contributed by atoms with Crippen LogP contribution in [-0.4, -0.2) is 18.2 Å². The topological polar surface area (TPSA) is 72.5 Å². The minimum absolute atomic E-state index is 0.325. The average Bonchev–Trinajstić information content (AvgIpc) is 2.26. The van der Waals surface area contributed by atoms with Crippen molar-refractivity contribution in [2.45, 2.75) is 25.8 Å². The number of carboxylic acids is 1. The summed E-state index contributed by atoms with van der Waals surface area (Å²) in [7, 11) is 1.50. The van der Waals surface area contributed by atoms with Crippen molar-refractivity contribution >= 4 is 5.97 Å². The van der Waals surface area contributed by atoms with Crippen molar-refractivity contribution in [2.75, 3.05) is 7.11 Å². The molecule has 0 radical (unpaired) electrons. The van der Waals surface area contributed by atoms with E-state index in [1.807, 2.05) is 19.9 Å². The fourth-order valence-corrected chi connectivity index (χ4v) is 1.49. The maximum absolute atomic E-state index is 10.9. The monoisotopic (exact) mass is 223 g/mol. The van der Waals surface area contributed by atoms with Crippen LogP contribution >= 0.6 is 0 Å². The number of methoxy groups -OCH3 is 1. The molecule has 1 aromatic carbocycles. The number of rotatable bonds is 4. The quantitative estimate of drug-likeness (QED) is 0.817. The maximum atomic E-state index is 10.9. The van der Waals surface area contributed by atoms with Gasteiger partial charge in [0.1, 0.15) is 11.8 Å². The molecule has 16 heavy (non-hydrogen) atoms. The molecule has 0 saturated carbocycles. The average molecular weight is 223 g/mol. The van der Waals surface area contributed by atoms with Gasteiger partial charge in [0, 0.05) is 5.56 Å². The first-order valence-electron chi connectivity index (χ1n) is 5.13. The third-order valence-corrected chi connectivity index (χ3v) is 2.52. The Morgan fingerprint density at radius 1 is 1.44 bits per heavy atom. The third kappa shape index (κ3) is 2.52. The molecule has 0 unspecified atom stereocenters. The molecule has 1 rings (SSSR count). The summed E-state index contributed by atoms with van der Waals surface area (Å²) in [5.74, 6) is -0.218. The van der Waals surface area contributed by atoms with Crippen LogP contribution in [0.1, 0.15) is 36.9 Å². The molecule has 88 valence electrons. The largest absolute Gasteiger partial charge is 0.496 e. The second-order valence-corrected chi connectivity index (χ2v) is 3.97. The lowest BCUT2D eigenvalue weighted by molar-refractivity contribution is -0.138. The molecule has 1 aromatic rings. The summed E-state index contributed by atoms with van der Waals surface area (Å²) in [6.45, 7) is 4.08. The number of carbonyl (C=O) groups is 1. The van der Waals surface area contributed by atoms with Crippen LogP contribution in [0.3, 0.4) is 0 Å². The zero-order valence-corrected chi connectivity index (χ0v) is 9.73. The molecule has 0 bridgehead atoms. The smallest absolute Gasteiger partial charge is 0.325 e. The van der Waals surface area contributed by atoms with Gasteiger partial charge in [-0.1, -0.05) is 19.9 Å². The number of carboxylic acid groups (broad SMARTS) is 1. The van der Waals surface area contributed by atoms with Gasteiger partial charge in [0.2, 0.25) is 0 Å². The van der Waals surface area contributed by atoms with Gasteiger partial charge in [-0.05, 0) is 23.6 Å². The summed E-state index contributed by atoms with van der Waals surface area (Å²) in [5, 5.41) is 8.90. The number of hydrogen-bond acceptors (Lipinski definition) is 3. The lowest BCUT2D eigenvalue weighted by atomic mass is 9.97. The van der Waals surface area contributed by atoms with E-state index < -0.39 is 12.0 Å². The van der Waals surface area contributed by atoms with Gasteiger partial charge in [-0.15, -0.1) is 0 Å². The van der Waals surface area contributed by atoms with Gasteiger partial charge in [-0.3, -0.25) is 4.79 Å². The molecule has 0 amide bonds. The predicted molar refractivity (Wildman–Crippen MR) is 61.6 cm³/mol. The Balaban J connectivity index is 3.21. The molecule has 4 heteroatoms. The van der Waals surface area contributed by atoms with Crippen molar-refractivity contribution < 1.29 is 14.6 Å². The Morgan fingerprint density at radius 2 is 2.06 bits per heavy atom. The molecule has 0 aliphatic heterocycles. The van der Waals surface area contributed by atoms with Gasteiger partial charge in [-0.2, -0.15) is 0 Å². The molecule has 1 atom stereocenters. The third-order valence-electron chi connectivity index (χ3n) is 2.52. The van der Waals surface area contributed by atoms with Crippen LogP contribution in [0.15, 0.2) is 18.2 Å². The van der Waals surface area contributed by atoms with Crippen molar-refractivity contribution in [3.05, 3.63) is 29.3 Å². The highest BCUT2D eigenvalue weighted by Crippen LogP contribution is 2.28. The van der Waals surface area contributed by atoms with E-state index in [-0.39, 0.29) is 0 Å². The van der Waals surface area contributed by atoms with Gasteiger partial charge in [0.15, 0.2) is 0 Å². The van der Waals surface area contributed by atoms with Gasteiger partial charge in [0.05, 0.1) is 7.11 Å². The highest BCUT2D eigenvalue weighted by Gasteiger charge is 2.19. The number of hydrogen-bond donors (Lipinski definition) is 2. The van der Waals surface area contributed by atoms with Gasteiger partial charge >= 0.3 is 5.97 Å². The maximum Gasteiger partial charge on any atom is 0.325 e. The Hall–Kier alpha value is -1.55. The minimum Gasteiger partial charge on any atom is -0.496 e. The Kier molecular flexibility index (Phi) is 3.90. The van der Waals surface area contributed by atoms with Gasteiger partial charge in [0.25, 0.3) is 0 Å². The highest BCUT2D eigenvalue weighted by molar-refractivity contribution is 5.76. The molecule has 0 fully saturated rings. The molecular formula is C12H17NO3. The minimum atomic E-state index is -1.06. The summed E-state index contributed by atoms with van der Waals surface area (Å²) >= 11 is 0. The standard InChI is InChI=1S/C12H17NO3/c1-7(2)8-4-5-10(16-3)9(6-8)11(13)12(14)15/h4-7,11H,13H2,1-3H3,(H,14,15)/t11-/m0/s1. The molecule has 0 saturated heterocycles. The molecule has 0 heterocycles.